The number of anilines is 1. The average Bonchev–Trinajstić information content (AvgIpc) is 2.45. The number of nitrogens with two attached hydrogens (primary N) is 1. The molecule has 0 unspecified atom stereocenters. The van der Waals surface area contributed by atoms with Gasteiger partial charge in [0, 0.05) is 23.9 Å². The van der Waals surface area contributed by atoms with Gasteiger partial charge in [-0.25, -0.2) is 0 Å². The van der Waals surface area contributed by atoms with Gasteiger partial charge in [0.2, 0.25) is 0 Å². The lowest BCUT2D eigenvalue weighted by molar-refractivity contribution is 0.0993. The molecule has 0 aromatic heterocycles. The monoisotopic (exact) mass is 284 g/mol. The molecule has 0 aliphatic carbocycles. The van der Waals surface area contributed by atoms with Gasteiger partial charge in [0.15, 0.2) is 0 Å². The van der Waals surface area contributed by atoms with E-state index in [0.29, 0.717) is 10.6 Å². The second-order valence-electron chi connectivity index (χ2n) is 4.65. The highest BCUT2D eigenvalue weighted by Crippen LogP contribution is 2.18. The van der Waals surface area contributed by atoms with Gasteiger partial charge < -0.3 is 10.6 Å². The zero-order chi connectivity index (χ0) is 14.7. The van der Waals surface area contributed by atoms with Crippen molar-refractivity contribution in [3.8, 4) is 0 Å². The fourth-order valence-electron chi connectivity index (χ4n) is 1.96. The minimum Gasteiger partial charge on any atom is -0.389 e. The van der Waals surface area contributed by atoms with Crippen molar-refractivity contribution >= 4 is 28.8 Å². The Bertz CT molecular complexity index is 667. The van der Waals surface area contributed by atoms with E-state index >= 15 is 0 Å². The molecule has 4 heteroatoms. The van der Waals surface area contributed by atoms with E-state index in [1.165, 1.54) is 0 Å². The van der Waals surface area contributed by atoms with E-state index in [-0.39, 0.29) is 5.91 Å². The van der Waals surface area contributed by atoms with Crippen LogP contribution in [0.3, 0.4) is 0 Å². The molecule has 2 N–H and O–H groups in total. The van der Waals surface area contributed by atoms with Crippen molar-refractivity contribution in [3.63, 3.8) is 0 Å². The van der Waals surface area contributed by atoms with E-state index in [0.717, 1.165) is 16.8 Å². The molecule has 2 rings (SSSR count). The molecule has 2 aromatic carbocycles. The van der Waals surface area contributed by atoms with Gasteiger partial charge in [-0.2, -0.15) is 0 Å². The predicted octanol–water partition coefficient (Wildman–Crippen LogP) is 2.91. The first-order chi connectivity index (χ1) is 9.49. The van der Waals surface area contributed by atoms with Crippen LogP contribution in [-0.2, 0) is 0 Å². The number of amides is 1. The first-order valence-corrected chi connectivity index (χ1v) is 6.64. The van der Waals surface area contributed by atoms with Crippen LogP contribution in [0.25, 0.3) is 0 Å². The minimum absolute atomic E-state index is 0.0613. The molecule has 0 heterocycles. The Labute approximate surface area is 124 Å². The van der Waals surface area contributed by atoms with Crippen molar-refractivity contribution in [1.29, 1.82) is 0 Å². The van der Waals surface area contributed by atoms with Gasteiger partial charge in [0.05, 0.1) is 0 Å². The lowest BCUT2D eigenvalue weighted by Gasteiger charge is -2.18. The SMILES string of the molecule is Cc1cccc(C(=O)N(C)c2cccc(C(N)=S)c2)c1. The summed E-state index contributed by atoms with van der Waals surface area (Å²) >= 11 is 4.96. The first kappa shape index (κ1) is 14.2. The largest absolute Gasteiger partial charge is 0.389 e. The van der Waals surface area contributed by atoms with Crippen LogP contribution in [0.15, 0.2) is 48.5 Å². The van der Waals surface area contributed by atoms with Crippen LogP contribution in [0, 0.1) is 6.92 Å². The number of hydrogen-bond acceptors (Lipinski definition) is 2. The average molecular weight is 284 g/mol. The maximum absolute atomic E-state index is 12.4. The Kier molecular flexibility index (Phi) is 4.15. The van der Waals surface area contributed by atoms with E-state index in [1.54, 1.807) is 11.9 Å². The van der Waals surface area contributed by atoms with Gasteiger partial charge in [-0.05, 0) is 31.2 Å². The van der Waals surface area contributed by atoms with E-state index in [9.17, 15) is 4.79 Å². The Morgan fingerprint density at radius 2 is 1.75 bits per heavy atom. The Hall–Kier alpha value is -2.20. The fraction of sp³-hybridized carbons (Fsp3) is 0.125. The van der Waals surface area contributed by atoms with Crippen molar-refractivity contribution < 1.29 is 4.79 Å². The summed E-state index contributed by atoms with van der Waals surface area (Å²) in [5, 5.41) is 0. The first-order valence-electron chi connectivity index (χ1n) is 6.23. The van der Waals surface area contributed by atoms with Crippen molar-refractivity contribution in [1.82, 2.24) is 0 Å². The van der Waals surface area contributed by atoms with Gasteiger partial charge in [0.25, 0.3) is 5.91 Å². The molecule has 1 amide bonds. The molecular weight excluding hydrogens is 268 g/mol. The summed E-state index contributed by atoms with van der Waals surface area (Å²) in [6.07, 6.45) is 0. The smallest absolute Gasteiger partial charge is 0.258 e. The Morgan fingerprint density at radius 1 is 1.10 bits per heavy atom. The standard InChI is InChI=1S/C16H16N2OS/c1-11-5-3-7-13(9-11)16(19)18(2)14-8-4-6-12(10-14)15(17)20/h3-10H,1-2H3,(H2,17,20). The van der Waals surface area contributed by atoms with Crippen LogP contribution < -0.4 is 10.6 Å². The van der Waals surface area contributed by atoms with Crippen molar-refractivity contribution in [3.05, 3.63) is 65.2 Å². The maximum Gasteiger partial charge on any atom is 0.258 e. The molecule has 0 saturated carbocycles. The molecule has 3 nitrogen and oxygen atoms in total. The lowest BCUT2D eigenvalue weighted by Crippen LogP contribution is -2.26. The molecule has 0 atom stereocenters. The van der Waals surface area contributed by atoms with Crippen molar-refractivity contribution in [2.45, 2.75) is 6.92 Å². The summed E-state index contributed by atoms with van der Waals surface area (Å²) in [6, 6.07) is 14.9. The van der Waals surface area contributed by atoms with Gasteiger partial charge >= 0.3 is 0 Å². The maximum atomic E-state index is 12.4. The highest BCUT2D eigenvalue weighted by atomic mass is 32.1. The summed E-state index contributed by atoms with van der Waals surface area (Å²) in [5.74, 6) is -0.0613. The van der Waals surface area contributed by atoms with Crippen LogP contribution in [0.5, 0.6) is 0 Å². The second kappa shape index (κ2) is 5.84. The predicted molar refractivity (Wildman–Crippen MR) is 86.2 cm³/mol. The summed E-state index contributed by atoms with van der Waals surface area (Å²) < 4.78 is 0. The van der Waals surface area contributed by atoms with Crippen LogP contribution in [0.1, 0.15) is 21.5 Å². The van der Waals surface area contributed by atoms with Crippen LogP contribution in [0.4, 0.5) is 5.69 Å². The number of rotatable bonds is 3. The summed E-state index contributed by atoms with van der Waals surface area (Å²) in [7, 11) is 1.74. The molecule has 0 aliphatic rings. The van der Waals surface area contributed by atoms with E-state index in [4.69, 9.17) is 18.0 Å². The quantitative estimate of drug-likeness (QED) is 0.882. The molecule has 0 spiro atoms. The van der Waals surface area contributed by atoms with E-state index < -0.39 is 0 Å². The van der Waals surface area contributed by atoms with Crippen LogP contribution in [-0.4, -0.2) is 17.9 Å². The molecular formula is C16H16N2OS. The third-order valence-corrected chi connectivity index (χ3v) is 3.32. The van der Waals surface area contributed by atoms with Crippen molar-refractivity contribution in [2.24, 2.45) is 5.73 Å². The normalized spacial score (nSPS) is 10.1. The lowest BCUT2D eigenvalue weighted by atomic mass is 10.1. The van der Waals surface area contributed by atoms with Crippen LogP contribution >= 0.6 is 12.2 Å². The number of nitrogens with zero attached hydrogens (tertiary/aromatic N) is 1. The molecule has 0 saturated heterocycles. The van der Waals surface area contributed by atoms with E-state index in [1.807, 2.05) is 55.5 Å². The second-order valence-corrected chi connectivity index (χ2v) is 5.09. The zero-order valence-corrected chi connectivity index (χ0v) is 12.3. The molecule has 2 aromatic rings. The number of carbonyl (C=O) groups excluding carboxylic acids is 1. The number of benzene rings is 2. The van der Waals surface area contributed by atoms with Crippen molar-refractivity contribution in [2.75, 3.05) is 11.9 Å². The number of carbonyl (C=O) groups is 1. The zero-order valence-electron chi connectivity index (χ0n) is 11.5. The number of thiocarbonyl (C=S) groups is 1. The summed E-state index contributed by atoms with van der Waals surface area (Å²) in [5.41, 5.74) is 8.85. The number of aryl methyl sites for hydroxylation is 1. The molecule has 102 valence electrons. The Morgan fingerprint density at radius 3 is 2.40 bits per heavy atom. The fourth-order valence-corrected chi connectivity index (χ4v) is 2.08. The molecule has 0 aliphatic heterocycles. The van der Waals surface area contributed by atoms with Crippen LogP contribution in [0.2, 0.25) is 0 Å². The molecule has 0 fully saturated rings. The Balaban J connectivity index is 2.31. The topological polar surface area (TPSA) is 46.3 Å². The molecule has 0 bridgehead atoms. The highest BCUT2D eigenvalue weighted by molar-refractivity contribution is 7.80. The minimum atomic E-state index is -0.0613. The highest BCUT2D eigenvalue weighted by Gasteiger charge is 2.14. The van der Waals surface area contributed by atoms with E-state index in [2.05, 4.69) is 0 Å². The molecule has 20 heavy (non-hydrogen) atoms. The van der Waals surface area contributed by atoms with Gasteiger partial charge in [-0.15, -0.1) is 0 Å². The number of hydrogen-bond donors (Lipinski definition) is 1. The summed E-state index contributed by atoms with van der Waals surface area (Å²) in [6.45, 7) is 1.96. The summed E-state index contributed by atoms with van der Waals surface area (Å²) in [4.78, 5) is 14.4. The third kappa shape index (κ3) is 3.03. The van der Waals surface area contributed by atoms with Gasteiger partial charge in [-0.3, -0.25) is 4.79 Å². The molecule has 0 radical (unpaired) electrons. The van der Waals surface area contributed by atoms with Gasteiger partial charge in [0.1, 0.15) is 4.99 Å². The van der Waals surface area contributed by atoms with Gasteiger partial charge in [-0.1, -0.05) is 42.0 Å². The third-order valence-electron chi connectivity index (χ3n) is 3.09.